The van der Waals surface area contributed by atoms with Crippen molar-refractivity contribution < 1.29 is 32.7 Å². The number of carbonyl (C=O) groups excluding carboxylic acids is 3. The van der Waals surface area contributed by atoms with Crippen molar-refractivity contribution in [3.05, 3.63) is 69.0 Å². The molecule has 1 saturated heterocycles. The highest BCUT2D eigenvalue weighted by molar-refractivity contribution is 7.91. The van der Waals surface area contributed by atoms with Crippen LogP contribution >= 0.6 is 34.3 Å². The van der Waals surface area contributed by atoms with Crippen molar-refractivity contribution in [2.24, 2.45) is 5.41 Å². The fraction of sp³-hybridized carbons (Fsp3) is 0.296. The van der Waals surface area contributed by atoms with Crippen LogP contribution in [-0.2, 0) is 14.6 Å². The number of sulfone groups is 1. The number of halogens is 1. The molecule has 3 aromatic rings. The van der Waals surface area contributed by atoms with Crippen molar-refractivity contribution in [2.75, 3.05) is 25.4 Å². The van der Waals surface area contributed by atoms with Gasteiger partial charge in [-0.15, -0.1) is 28.6 Å². The highest BCUT2D eigenvalue weighted by Crippen LogP contribution is 2.36. The molecule has 40 heavy (non-hydrogen) atoms. The topological polar surface area (TPSA) is 130 Å². The molecule has 0 radical (unpaired) electrons. The largest absolute Gasteiger partial charge is 0.481 e. The number of rotatable bonds is 8. The van der Waals surface area contributed by atoms with Gasteiger partial charge >= 0.3 is 0 Å². The lowest BCUT2D eigenvalue weighted by atomic mass is 9.79. The fourth-order valence-electron chi connectivity index (χ4n) is 4.02. The van der Waals surface area contributed by atoms with Crippen molar-refractivity contribution >= 4 is 61.2 Å². The summed E-state index contributed by atoms with van der Waals surface area (Å²) in [6, 6.07) is 12.9. The number of hydroxylamine groups is 1. The minimum absolute atomic E-state index is 0.0497. The summed E-state index contributed by atoms with van der Waals surface area (Å²) in [7, 11) is -3.85. The Kier molecular flexibility index (Phi) is 11.3. The SMILES string of the molecule is CC#CCOc1ccc(S(=O)(=O)CC2(C(=O)NO)CCN(C(=O)c3cccs3)CC2)cc1.O=C(Cl)c1cccs1. The van der Waals surface area contributed by atoms with E-state index in [1.807, 2.05) is 5.38 Å². The number of nitrogens with one attached hydrogen (secondary N) is 1. The first kappa shape index (κ1) is 31.3. The first-order valence-electron chi connectivity index (χ1n) is 12.0. The second-order valence-corrected chi connectivity index (χ2v) is 12.9. The second-order valence-electron chi connectivity index (χ2n) is 8.69. The molecule has 2 N–H and O–H groups in total. The van der Waals surface area contributed by atoms with Crippen LogP contribution in [0.2, 0.25) is 0 Å². The molecule has 0 unspecified atom stereocenters. The standard InChI is InChI=1S/C22H24N2O6S2.C5H3ClOS/c1-2-3-14-30-17-6-8-18(9-7-17)32(28,29)16-22(21(26)23-27)10-12-24(13-11-22)20(25)19-5-4-15-31-19;6-5(7)4-2-1-3-8-4/h4-9,15,27H,10-14,16H2,1H3,(H,23,26);1-3H. The summed E-state index contributed by atoms with van der Waals surface area (Å²) in [5.74, 6) is 4.55. The molecule has 0 aliphatic carbocycles. The van der Waals surface area contributed by atoms with Crippen LogP contribution in [0.15, 0.2) is 64.2 Å². The smallest absolute Gasteiger partial charge is 0.263 e. The van der Waals surface area contributed by atoms with E-state index in [2.05, 4.69) is 11.8 Å². The summed E-state index contributed by atoms with van der Waals surface area (Å²) in [4.78, 5) is 38.3. The van der Waals surface area contributed by atoms with Gasteiger partial charge in [-0.1, -0.05) is 18.1 Å². The molecule has 13 heteroatoms. The van der Waals surface area contributed by atoms with E-state index in [9.17, 15) is 28.0 Å². The minimum atomic E-state index is -3.85. The first-order chi connectivity index (χ1) is 19.1. The van der Waals surface area contributed by atoms with Gasteiger partial charge in [-0.05, 0) is 78.5 Å². The highest BCUT2D eigenvalue weighted by Gasteiger charge is 2.46. The summed E-state index contributed by atoms with van der Waals surface area (Å²) in [6.45, 7) is 2.32. The Labute approximate surface area is 245 Å². The monoisotopic (exact) mass is 622 g/mol. The van der Waals surface area contributed by atoms with Crippen LogP contribution in [0, 0.1) is 17.3 Å². The van der Waals surface area contributed by atoms with Crippen LogP contribution in [0.3, 0.4) is 0 Å². The van der Waals surface area contributed by atoms with E-state index >= 15 is 0 Å². The predicted octanol–water partition coefficient (Wildman–Crippen LogP) is 4.48. The molecule has 9 nitrogen and oxygen atoms in total. The van der Waals surface area contributed by atoms with Crippen molar-refractivity contribution in [1.82, 2.24) is 10.4 Å². The molecule has 2 aromatic heterocycles. The molecule has 1 aromatic carbocycles. The Morgan fingerprint density at radius 3 is 2.12 bits per heavy atom. The molecule has 1 fully saturated rings. The minimum Gasteiger partial charge on any atom is -0.481 e. The van der Waals surface area contributed by atoms with Crippen LogP contribution in [0.4, 0.5) is 0 Å². The van der Waals surface area contributed by atoms with Crippen LogP contribution < -0.4 is 10.2 Å². The van der Waals surface area contributed by atoms with E-state index in [1.54, 1.807) is 46.9 Å². The summed E-state index contributed by atoms with van der Waals surface area (Å²) in [6.07, 6.45) is 0.235. The quantitative estimate of drug-likeness (QED) is 0.164. The molecule has 212 valence electrons. The van der Waals surface area contributed by atoms with Gasteiger partial charge in [-0.25, -0.2) is 13.9 Å². The fourth-order valence-corrected chi connectivity index (χ4v) is 7.33. The van der Waals surface area contributed by atoms with Gasteiger partial charge in [0.05, 0.1) is 25.8 Å². The van der Waals surface area contributed by atoms with Gasteiger partial charge in [0.15, 0.2) is 9.84 Å². The maximum Gasteiger partial charge on any atom is 0.263 e. The maximum absolute atomic E-state index is 13.1. The van der Waals surface area contributed by atoms with Crippen LogP contribution in [-0.4, -0.2) is 61.0 Å². The molecule has 0 saturated carbocycles. The molecule has 0 spiro atoms. The van der Waals surface area contributed by atoms with Crippen molar-refractivity contribution in [3.63, 3.8) is 0 Å². The second kappa shape index (κ2) is 14.4. The third-order valence-electron chi connectivity index (χ3n) is 6.17. The van der Waals surface area contributed by atoms with Crippen molar-refractivity contribution in [3.8, 4) is 17.6 Å². The zero-order valence-corrected chi connectivity index (χ0v) is 24.7. The molecule has 0 bridgehead atoms. The number of carbonyl (C=O) groups is 3. The summed E-state index contributed by atoms with van der Waals surface area (Å²) in [5.41, 5.74) is 0.280. The molecular weight excluding hydrogens is 596 g/mol. The van der Waals surface area contributed by atoms with E-state index < -0.39 is 26.9 Å². The number of amides is 2. The Balaban J connectivity index is 0.000000472. The molecule has 1 aliphatic heterocycles. The van der Waals surface area contributed by atoms with Gasteiger partial charge in [0.1, 0.15) is 12.4 Å². The molecule has 0 atom stereocenters. The zero-order chi connectivity index (χ0) is 29.2. The lowest BCUT2D eigenvalue weighted by Crippen LogP contribution is -2.52. The third kappa shape index (κ3) is 8.16. The van der Waals surface area contributed by atoms with Gasteiger partial charge in [-0.2, -0.15) is 0 Å². The van der Waals surface area contributed by atoms with E-state index in [0.717, 1.165) is 0 Å². The van der Waals surface area contributed by atoms with Gasteiger partial charge < -0.3 is 9.64 Å². The number of benzene rings is 1. The number of hydrogen-bond donors (Lipinski definition) is 2. The Morgan fingerprint density at radius 2 is 1.65 bits per heavy atom. The highest BCUT2D eigenvalue weighted by atomic mass is 35.5. The summed E-state index contributed by atoms with van der Waals surface area (Å²) >= 11 is 7.79. The number of thiophene rings is 2. The first-order valence-corrected chi connectivity index (χ1v) is 15.8. The molecule has 4 rings (SSSR count). The molecule has 1 aliphatic rings. The lowest BCUT2D eigenvalue weighted by molar-refractivity contribution is -0.141. The predicted molar refractivity (Wildman–Crippen MR) is 154 cm³/mol. The summed E-state index contributed by atoms with van der Waals surface area (Å²) in [5, 5.41) is 12.5. The zero-order valence-electron chi connectivity index (χ0n) is 21.5. The Hall–Kier alpha value is -3.21. The average Bonchev–Trinajstić information content (AvgIpc) is 3.69. The number of hydrogen-bond acceptors (Lipinski definition) is 9. The normalized spacial score (nSPS) is 14.1. The molecule has 2 amide bonds. The average molecular weight is 623 g/mol. The maximum atomic E-state index is 13.1. The van der Waals surface area contributed by atoms with E-state index in [0.29, 0.717) is 15.5 Å². The van der Waals surface area contributed by atoms with E-state index in [1.165, 1.54) is 46.9 Å². The van der Waals surface area contributed by atoms with Gasteiger partial charge in [0.2, 0.25) is 0 Å². The van der Waals surface area contributed by atoms with Crippen molar-refractivity contribution in [1.29, 1.82) is 0 Å². The summed E-state index contributed by atoms with van der Waals surface area (Å²) < 4.78 is 31.6. The van der Waals surface area contributed by atoms with E-state index in [4.69, 9.17) is 16.3 Å². The molecule has 3 heterocycles. The van der Waals surface area contributed by atoms with Crippen LogP contribution in [0.25, 0.3) is 0 Å². The van der Waals surface area contributed by atoms with Crippen molar-refractivity contribution in [2.45, 2.75) is 24.7 Å². The Morgan fingerprint density at radius 1 is 1.05 bits per heavy atom. The number of ether oxygens (including phenoxy) is 1. The van der Waals surface area contributed by atoms with Gasteiger partial charge in [-0.3, -0.25) is 19.6 Å². The van der Waals surface area contributed by atoms with Crippen LogP contribution in [0.1, 0.15) is 39.1 Å². The van der Waals surface area contributed by atoms with Gasteiger partial charge in [0, 0.05) is 13.1 Å². The Bertz CT molecular complexity index is 1450. The number of likely N-dealkylation sites (tertiary alicyclic amines) is 1. The van der Waals surface area contributed by atoms with Crippen LogP contribution in [0.5, 0.6) is 5.75 Å². The third-order valence-corrected chi connectivity index (χ3v) is 10.1. The molecular formula is C27H27ClN2O7S3. The lowest BCUT2D eigenvalue weighted by Gasteiger charge is -2.39. The van der Waals surface area contributed by atoms with E-state index in [-0.39, 0.29) is 48.6 Å². The number of nitrogens with zero attached hydrogens (tertiary/aromatic N) is 1. The number of piperidine rings is 1. The van der Waals surface area contributed by atoms with Gasteiger partial charge in [0.25, 0.3) is 17.1 Å².